The Hall–Kier alpha value is -2.30. The Bertz CT molecular complexity index is 935. The van der Waals surface area contributed by atoms with Gasteiger partial charge in [-0.1, -0.05) is 29.3 Å². The topological polar surface area (TPSA) is 53.4 Å². The molecule has 0 unspecified atom stereocenters. The normalized spacial score (nSPS) is 10.8. The van der Waals surface area contributed by atoms with E-state index >= 15 is 0 Å². The van der Waals surface area contributed by atoms with E-state index < -0.39 is 5.97 Å². The molecule has 3 rings (SSSR count). The highest BCUT2D eigenvalue weighted by Crippen LogP contribution is 2.36. The van der Waals surface area contributed by atoms with Crippen LogP contribution in [0.1, 0.15) is 10.4 Å². The number of carboxylic acids is 1. The largest absolute Gasteiger partial charge is 0.478 e. The summed E-state index contributed by atoms with van der Waals surface area (Å²) in [7, 11) is 3.62. The maximum Gasteiger partial charge on any atom is 0.337 e. The molecule has 0 aliphatic rings. The van der Waals surface area contributed by atoms with Gasteiger partial charge in [-0.3, -0.25) is 4.98 Å². The molecule has 0 amide bonds. The number of anilines is 1. The SMILES string of the molecule is CN(C)c1c(C(=O)O)ccc2c(-c3cc(Cl)cc(Cl)c3)cncc12. The minimum absolute atomic E-state index is 0.232. The van der Waals surface area contributed by atoms with E-state index in [0.29, 0.717) is 15.7 Å². The second-order valence-electron chi connectivity index (χ2n) is 5.60. The van der Waals surface area contributed by atoms with Crippen molar-refractivity contribution in [3.05, 3.63) is 58.3 Å². The lowest BCUT2D eigenvalue weighted by molar-refractivity contribution is 0.0698. The highest BCUT2D eigenvalue weighted by molar-refractivity contribution is 6.35. The van der Waals surface area contributed by atoms with Crippen molar-refractivity contribution in [2.75, 3.05) is 19.0 Å². The number of rotatable bonds is 3. The molecule has 2 aromatic carbocycles. The number of benzene rings is 2. The number of pyridine rings is 1. The molecule has 0 fully saturated rings. The minimum atomic E-state index is -0.975. The van der Waals surface area contributed by atoms with Crippen LogP contribution in [0.15, 0.2) is 42.7 Å². The molecule has 1 N–H and O–H groups in total. The molecular weight excluding hydrogens is 347 g/mol. The van der Waals surface area contributed by atoms with Crippen LogP contribution in [0.2, 0.25) is 10.0 Å². The standard InChI is InChI=1S/C18H14Cl2N2O2/c1-22(2)17-14(18(23)24)4-3-13-15(8-21-9-16(13)17)10-5-11(19)7-12(20)6-10/h3-9H,1-2H3,(H,23,24). The third-order valence-corrected chi connectivity index (χ3v) is 4.20. The van der Waals surface area contributed by atoms with Crippen LogP contribution in [-0.2, 0) is 0 Å². The molecule has 1 heterocycles. The van der Waals surface area contributed by atoms with Crippen molar-refractivity contribution < 1.29 is 9.90 Å². The predicted octanol–water partition coefficient (Wildman–Crippen LogP) is 4.97. The van der Waals surface area contributed by atoms with Crippen LogP contribution in [0, 0.1) is 0 Å². The van der Waals surface area contributed by atoms with Gasteiger partial charge in [0, 0.05) is 47.5 Å². The van der Waals surface area contributed by atoms with Gasteiger partial charge in [0.15, 0.2) is 0 Å². The summed E-state index contributed by atoms with van der Waals surface area (Å²) in [6.07, 6.45) is 3.40. The zero-order chi connectivity index (χ0) is 17.4. The molecule has 0 aliphatic heterocycles. The maximum atomic E-state index is 11.5. The van der Waals surface area contributed by atoms with E-state index in [4.69, 9.17) is 23.2 Å². The van der Waals surface area contributed by atoms with E-state index in [1.165, 1.54) is 0 Å². The molecule has 6 heteroatoms. The molecule has 0 saturated carbocycles. The van der Waals surface area contributed by atoms with Gasteiger partial charge in [-0.15, -0.1) is 0 Å². The highest BCUT2D eigenvalue weighted by Gasteiger charge is 2.17. The van der Waals surface area contributed by atoms with Gasteiger partial charge in [0.05, 0.1) is 11.3 Å². The van der Waals surface area contributed by atoms with Crippen molar-refractivity contribution in [2.45, 2.75) is 0 Å². The van der Waals surface area contributed by atoms with Crippen LogP contribution in [0.3, 0.4) is 0 Å². The summed E-state index contributed by atoms with van der Waals surface area (Å²) in [5.41, 5.74) is 2.52. The van der Waals surface area contributed by atoms with Crippen molar-refractivity contribution in [2.24, 2.45) is 0 Å². The highest BCUT2D eigenvalue weighted by atomic mass is 35.5. The van der Waals surface area contributed by atoms with E-state index in [-0.39, 0.29) is 5.56 Å². The second-order valence-corrected chi connectivity index (χ2v) is 6.47. The lowest BCUT2D eigenvalue weighted by Gasteiger charge is -2.19. The van der Waals surface area contributed by atoms with Gasteiger partial charge in [-0.25, -0.2) is 4.79 Å². The van der Waals surface area contributed by atoms with Crippen molar-refractivity contribution in [3.63, 3.8) is 0 Å². The van der Waals surface area contributed by atoms with Gasteiger partial charge in [-0.2, -0.15) is 0 Å². The van der Waals surface area contributed by atoms with E-state index in [2.05, 4.69) is 4.98 Å². The summed E-state index contributed by atoms with van der Waals surface area (Å²) in [5.74, 6) is -0.975. The number of aromatic carboxylic acids is 1. The minimum Gasteiger partial charge on any atom is -0.478 e. The molecule has 0 spiro atoms. The van der Waals surface area contributed by atoms with Crippen LogP contribution in [-0.4, -0.2) is 30.2 Å². The van der Waals surface area contributed by atoms with Crippen LogP contribution in [0.5, 0.6) is 0 Å². The van der Waals surface area contributed by atoms with Gasteiger partial charge < -0.3 is 10.0 Å². The summed E-state index contributed by atoms with van der Waals surface area (Å²) in [6.45, 7) is 0. The van der Waals surface area contributed by atoms with Gasteiger partial charge in [0.1, 0.15) is 0 Å². The fourth-order valence-corrected chi connectivity index (χ4v) is 3.35. The average molecular weight is 361 g/mol. The third kappa shape index (κ3) is 2.90. The number of halogens is 2. The Morgan fingerprint density at radius 2 is 1.71 bits per heavy atom. The Balaban J connectivity index is 2.36. The van der Waals surface area contributed by atoms with E-state index in [1.807, 2.05) is 26.2 Å². The van der Waals surface area contributed by atoms with E-state index in [0.717, 1.165) is 21.9 Å². The van der Waals surface area contributed by atoms with Crippen molar-refractivity contribution in [3.8, 4) is 11.1 Å². The first-order valence-corrected chi connectivity index (χ1v) is 7.92. The number of fused-ring (bicyclic) bond motifs is 1. The average Bonchev–Trinajstić information content (AvgIpc) is 2.51. The summed E-state index contributed by atoms with van der Waals surface area (Å²) in [4.78, 5) is 17.6. The fraction of sp³-hybridized carbons (Fsp3) is 0.111. The van der Waals surface area contributed by atoms with Gasteiger partial charge in [0.2, 0.25) is 0 Å². The summed E-state index contributed by atoms with van der Waals surface area (Å²) >= 11 is 12.2. The second kappa shape index (κ2) is 6.30. The first-order valence-electron chi connectivity index (χ1n) is 7.16. The van der Waals surface area contributed by atoms with E-state index in [9.17, 15) is 9.90 Å². The first-order chi connectivity index (χ1) is 11.4. The lowest BCUT2D eigenvalue weighted by Crippen LogP contribution is -2.14. The first kappa shape index (κ1) is 16.6. The van der Waals surface area contributed by atoms with Crippen LogP contribution in [0.4, 0.5) is 5.69 Å². The molecular formula is C18H14Cl2N2O2. The third-order valence-electron chi connectivity index (χ3n) is 3.77. The lowest BCUT2D eigenvalue weighted by atomic mass is 9.97. The molecule has 3 aromatic rings. The molecule has 4 nitrogen and oxygen atoms in total. The molecule has 0 aliphatic carbocycles. The number of nitrogens with zero attached hydrogens (tertiary/aromatic N) is 2. The van der Waals surface area contributed by atoms with Crippen LogP contribution in [0.25, 0.3) is 21.9 Å². The summed E-state index contributed by atoms with van der Waals surface area (Å²) in [6, 6.07) is 8.68. The maximum absolute atomic E-state index is 11.5. The fourth-order valence-electron chi connectivity index (χ4n) is 2.82. The van der Waals surface area contributed by atoms with Gasteiger partial charge >= 0.3 is 5.97 Å². The summed E-state index contributed by atoms with van der Waals surface area (Å²) < 4.78 is 0. The zero-order valence-corrected chi connectivity index (χ0v) is 14.6. The van der Waals surface area contributed by atoms with Crippen LogP contribution >= 0.6 is 23.2 Å². The zero-order valence-electron chi connectivity index (χ0n) is 13.0. The molecule has 0 atom stereocenters. The van der Waals surface area contributed by atoms with Gasteiger partial charge in [-0.05, 0) is 35.2 Å². The predicted molar refractivity (Wildman–Crippen MR) is 98.5 cm³/mol. The van der Waals surface area contributed by atoms with Crippen molar-refractivity contribution >= 4 is 45.6 Å². The molecule has 0 saturated heterocycles. The Morgan fingerprint density at radius 3 is 2.29 bits per heavy atom. The van der Waals surface area contributed by atoms with Crippen LogP contribution < -0.4 is 4.90 Å². The number of hydrogen-bond acceptors (Lipinski definition) is 3. The number of carboxylic acid groups (broad SMARTS) is 1. The molecule has 24 heavy (non-hydrogen) atoms. The quantitative estimate of drug-likeness (QED) is 0.715. The Labute approximate surface area is 149 Å². The molecule has 1 aromatic heterocycles. The Kier molecular flexibility index (Phi) is 4.35. The Morgan fingerprint density at radius 1 is 1.04 bits per heavy atom. The van der Waals surface area contributed by atoms with Crippen molar-refractivity contribution in [1.29, 1.82) is 0 Å². The van der Waals surface area contributed by atoms with Crippen molar-refractivity contribution in [1.82, 2.24) is 4.98 Å². The summed E-state index contributed by atoms with van der Waals surface area (Å²) in [5, 5.41) is 12.2. The molecule has 0 radical (unpaired) electrons. The number of aromatic nitrogens is 1. The number of carbonyl (C=O) groups is 1. The monoisotopic (exact) mass is 360 g/mol. The molecule has 0 bridgehead atoms. The smallest absolute Gasteiger partial charge is 0.337 e. The van der Waals surface area contributed by atoms with Gasteiger partial charge in [0.25, 0.3) is 0 Å². The number of hydrogen-bond donors (Lipinski definition) is 1. The molecule has 122 valence electrons. The van der Waals surface area contributed by atoms with E-state index in [1.54, 1.807) is 35.5 Å².